The fraction of sp³-hybridized carbons (Fsp3) is 0.800. The summed E-state index contributed by atoms with van der Waals surface area (Å²) in [6.07, 6.45) is 2.34. The van der Waals surface area contributed by atoms with Crippen LogP contribution in [0.4, 0.5) is 0 Å². The second-order valence-electron chi connectivity index (χ2n) is 3.62. The molecule has 100 valence electrons. The molecular formula is C10H19ClN2O4. The summed E-state index contributed by atoms with van der Waals surface area (Å²) in [7, 11) is 1.28. The lowest BCUT2D eigenvalue weighted by Crippen LogP contribution is -2.39. The second kappa shape index (κ2) is 9.21. The van der Waals surface area contributed by atoms with Gasteiger partial charge >= 0.3 is 5.97 Å². The highest BCUT2D eigenvalue weighted by atomic mass is 35.5. The fourth-order valence-corrected chi connectivity index (χ4v) is 1.46. The Hall–Kier alpha value is -0.850. The molecule has 0 spiro atoms. The van der Waals surface area contributed by atoms with Gasteiger partial charge in [-0.1, -0.05) is 0 Å². The van der Waals surface area contributed by atoms with Gasteiger partial charge < -0.3 is 20.1 Å². The van der Waals surface area contributed by atoms with E-state index in [9.17, 15) is 9.59 Å². The van der Waals surface area contributed by atoms with Crippen molar-refractivity contribution < 1.29 is 19.1 Å². The molecular weight excluding hydrogens is 248 g/mol. The maximum Gasteiger partial charge on any atom is 0.325 e. The van der Waals surface area contributed by atoms with Gasteiger partial charge in [-0.25, -0.2) is 0 Å². The van der Waals surface area contributed by atoms with Crippen LogP contribution in [-0.2, 0) is 19.1 Å². The quantitative estimate of drug-likeness (QED) is 0.632. The first kappa shape index (κ1) is 16.1. The van der Waals surface area contributed by atoms with Crippen molar-refractivity contribution >= 4 is 24.3 Å². The Morgan fingerprint density at radius 2 is 2.18 bits per heavy atom. The van der Waals surface area contributed by atoms with Crippen LogP contribution in [0, 0.1) is 0 Å². The number of hydrogen-bond donors (Lipinski definition) is 2. The topological polar surface area (TPSA) is 76.7 Å². The summed E-state index contributed by atoms with van der Waals surface area (Å²) in [6, 6.07) is 0. The van der Waals surface area contributed by atoms with E-state index in [-0.39, 0.29) is 37.5 Å². The standard InChI is InChI=1S/C10H18N2O4.ClH/c1-15-10(14)7-12-9(13)6-11-5-8-3-2-4-16-8;/h8,11H,2-7H2,1H3,(H,12,13);1H. The van der Waals surface area contributed by atoms with Crippen molar-refractivity contribution in [1.82, 2.24) is 10.6 Å². The summed E-state index contributed by atoms with van der Waals surface area (Å²) in [5.41, 5.74) is 0. The molecule has 0 aromatic rings. The molecule has 1 aliphatic heterocycles. The van der Waals surface area contributed by atoms with Gasteiger partial charge in [0.15, 0.2) is 0 Å². The van der Waals surface area contributed by atoms with Gasteiger partial charge in [-0.2, -0.15) is 0 Å². The van der Waals surface area contributed by atoms with E-state index in [1.807, 2.05) is 0 Å². The lowest BCUT2D eigenvalue weighted by atomic mass is 10.2. The highest BCUT2D eigenvalue weighted by Crippen LogP contribution is 2.10. The molecule has 6 nitrogen and oxygen atoms in total. The molecule has 1 fully saturated rings. The SMILES string of the molecule is COC(=O)CNC(=O)CNCC1CCCO1.Cl. The van der Waals surface area contributed by atoms with Crippen molar-refractivity contribution in [1.29, 1.82) is 0 Å². The number of esters is 1. The minimum atomic E-state index is -0.451. The van der Waals surface area contributed by atoms with Crippen LogP contribution in [0.1, 0.15) is 12.8 Å². The molecule has 0 aromatic carbocycles. The lowest BCUT2D eigenvalue weighted by Gasteiger charge is -2.10. The minimum absolute atomic E-state index is 0. The first-order valence-electron chi connectivity index (χ1n) is 5.38. The van der Waals surface area contributed by atoms with Gasteiger partial charge in [0.05, 0.1) is 19.8 Å². The number of halogens is 1. The molecule has 0 aliphatic carbocycles. The summed E-state index contributed by atoms with van der Waals surface area (Å²) in [5.74, 6) is -0.670. The van der Waals surface area contributed by atoms with Crippen molar-refractivity contribution in [2.75, 3.05) is 33.4 Å². The molecule has 17 heavy (non-hydrogen) atoms. The Morgan fingerprint density at radius 3 is 2.76 bits per heavy atom. The third kappa shape index (κ3) is 7.14. The maximum atomic E-state index is 11.2. The first-order chi connectivity index (χ1) is 7.72. The summed E-state index contributed by atoms with van der Waals surface area (Å²) in [4.78, 5) is 21.9. The molecule has 1 heterocycles. The average Bonchev–Trinajstić information content (AvgIpc) is 2.79. The highest BCUT2D eigenvalue weighted by molar-refractivity contribution is 5.85. The van der Waals surface area contributed by atoms with Crippen LogP contribution < -0.4 is 10.6 Å². The molecule has 0 bridgehead atoms. The highest BCUT2D eigenvalue weighted by Gasteiger charge is 2.15. The molecule has 0 aromatic heterocycles. The zero-order valence-corrected chi connectivity index (χ0v) is 10.7. The number of hydrogen-bond acceptors (Lipinski definition) is 5. The summed E-state index contributed by atoms with van der Waals surface area (Å²) in [6.45, 7) is 1.58. The lowest BCUT2D eigenvalue weighted by molar-refractivity contribution is -0.141. The van der Waals surface area contributed by atoms with Gasteiger partial charge in [0.25, 0.3) is 0 Å². The molecule has 0 saturated carbocycles. The number of rotatable bonds is 6. The van der Waals surface area contributed by atoms with E-state index in [1.54, 1.807) is 0 Å². The molecule has 1 aliphatic rings. The van der Waals surface area contributed by atoms with Crippen LogP contribution in [0.2, 0.25) is 0 Å². The molecule has 0 radical (unpaired) electrons. The number of carbonyl (C=O) groups is 2. The van der Waals surface area contributed by atoms with Crippen molar-refractivity contribution in [2.45, 2.75) is 18.9 Å². The van der Waals surface area contributed by atoms with E-state index >= 15 is 0 Å². The predicted molar refractivity (Wildman–Crippen MR) is 64.1 cm³/mol. The minimum Gasteiger partial charge on any atom is -0.468 e. The number of nitrogens with one attached hydrogen (secondary N) is 2. The van der Waals surface area contributed by atoms with Crippen LogP contribution in [0.5, 0.6) is 0 Å². The molecule has 1 rings (SSSR count). The summed E-state index contributed by atoms with van der Waals surface area (Å²) >= 11 is 0. The summed E-state index contributed by atoms with van der Waals surface area (Å²) < 4.78 is 9.77. The third-order valence-electron chi connectivity index (χ3n) is 2.34. The Morgan fingerprint density at radius 1 is 1.41 bits per heavy atom. The van der Waals surface area contributed by atoms with E-state index in [4.69, 9.17) is 4.74 Å². The molecule has 1 amide bonds. The van der Waals surface area contributed by atoms with Gasteiger partial charge in [0, 0.05) is 13.2 Å². The van der Waals surface area contributed by atoms with E-state index in [0.717, 1.165) is 19.4 Å². The van der Waals surface area contributed by atoms with Gasteiger partial charge in [0.1, 0.15) is 6.54 Å². The van der Waals surface area contributed by atoms with E-state index < -0.39 is 5.97 Å². The van der Waals surface area contributed by atoms with E-state index in [2.05, 4.69) is 15.4 Å². The van der Waals surface area contributed by atoms with Crippen LogP contribution >= 0.6 is 12.4 Å². The molecule has 1 atom stereocenters. The third-order valence-corrected chi connectivity index (χ3v) is 2.34. The first-order valence-corrected chi connectivity index (χ1v) is 5.38. The number of methoxy groups -OCH3 is 1. The van der Waals surface area contributed by atoms with E-state index in [0.29, 0.717) is 6.54 Å². The van der Waals surface area contributed by atoms with E-state index in [1.165, 1.54) is 7.11 Å². The zero-order valence-electron chi connectivity index (χ0n) is 9.86. The largest absolute Gasteiger partial charge is 0.468 e. The number of amides is 1. The Kier molecular flexibility index (Phi) is 8.75. The second-order valence-corrected chi connectivity index (χ2v) is 3.62. The number of carbonyl (C=O) groups excluding carboxylic acids is 2. The van der Waals surface area contributed by atoms with Crippen molar-refractivity contribution in [3.05, 3.63) is 0 Å². The molecule has 1 unspecified atom stereocenters. The van der Waals surface area contributed by atoms with Gasteiger partial charge in [-0.3, -0.25) is 9.59 Å². The molecule has 1 saturated heterocycles. The Bertz CT molecular complexity index is 244. The Balaban J connectivity index is 0.00000256. The van der Waals surface area contributed by atoms with Crippen LogP contribution in [0.15, 0.2) is 0 Å². The van der Waals surface area contributed by atoms with Gasteiger partial charge in [-0.05, 0) is 12.8 Å². The van der Waals surface area contributed by atoms with Crippen molar-refractivity contribution in [2.24, 2.45) is 0 Å². The number of ether oxygens (including phenoxy) is 2. The predicted octanol–water partition coefficient (Wildman–Crippen LogP) is -0.534. The summed E-state index contributed by atoms with van der Waals surface area (Å²) in [5, 5.41) is 5.42. The fourth-order valence-electron chi connectivity index (χ4n) is 1.46. The van der Waals surface area contributed by atoms with Crippen LogP contribution in [0.3, 0.4) is 0 Å². The monoisotopic (exact) mass is 266 g/mol. The average molecular weight is 267 g/mol. The van der Waals surface area contributed by atoms with Crippen molar-refractivity contribution in [3.63, 3.8) is 0 Å². The smallest absolute Gasteiger partial charge is 0.325 e. The van der Waals surface area contributed by atoms with Crippen LogP contribution in [-0.4, -0.2) is 51.3 Å². The van der Waals surface area contributed by atoms with Gasteiger partial charge in [-0.15, -0.1) is 12.4 Å². The zero-order chi connectivity index (χ0) is 11.8. The Labute approximate surface area is 107 Å². The van der Waals surface area contributed by atoms with Gasteiger partial charge in [0.2, 0.25) is 5.91 Å². The normalized spacial score (nSPS) is 18.3. The maximum absolute atomic E-state index is 11.2. The van der Waals surface area contributed by atoms with Crippen molar-refractivity contribution in [3.8, 4) is 0 Å². The van der Waals surface area contributed by atoms with Crippen LogP contribution in [0.25, 0.3) is 0 Å². The molecule has 2 N–H and O–H groups in total. The molecule has 7 heteroatoms.